The van der Waals surface area contributed by atoms with Gasteiger partial charge in [0.15, 0.2) is 0 Å². The normalized spacial score (nSPS) is 10.6. The summed E-state index contributed by atoms with van der Waals surface area (Å²) in [5.41, 5.74) is 2.41. The first-order valence-electron chi connectivity index (χ1n) is 6.79. The number of nitrogens with two attached hydrogens (primary N) is 1. The molecule has 1 heterocycles. The molecule has 0 spiro atoms. The van der Waals surface area contributed by atoms with Crippen molar-refractivity contribution in [3.63, 3.8) is 0 Å². The van der Waals surface area contributed by atoms with E-state index in [9.17, 15) is 0 Å². The lowest BCUT2D eigenvalue weighted by Crippen LogP contribution is -2.16. The summed E-state index contributed by atoms with van der Waals surface area (Å²) in [7, 11) is 0. The maximum Gasteiger partial charge on any atom is 0.323 e. The monoisotopic (exact) mass is 268 g/mol. The van der Waals surface area contributed by atoms with Crippen molar-refractivity contribution in [2.45, 2.75) is 52.6 Å². The Morgan fingerprint density at radius 3 is 2.47 bits per heavy atom. The van der Waals surface area contributed by atoms with E-state index in [0.29, 0.717) is 11.9 Å². The van der Waals surface area contributed by atoms with Crippen LogP contribution < -0.4 is 21.3 Å². The molecule has 7 heteroatoms. The van der Waals surface area contributed by atoms with Gasteiger partial charge in [0, 0.05) is 6.54 Å². The third kappa shape index (κ3) is 6.19. The first-order chi connectivity index (χ1) is 9.15. The fourth-order valence-electron chi connectivity index (χ4n) is 1.52. The first kappa shape index (κ1) is 15.4. The second kappa shape index (κ2) is 8.47. The van der Waals surface area contributed by atoms with E-state index in [1.165, 1.54) is 19.3 Å². The predicted molar refractivity (Wildman–Crippen MR) is 76.0 cm³/mol. The molecule has 0 unspecified atom stereocenters. The Balaban J connectivity index is 2.55. The lowest BCUT2D eigenvalue weighted by atomic mass is 10.2. The van der Waals surface area contributed by atoms with Gasteiger partial charge >= 0.3 is 6.01 Å². The number of ether oxygens (including phenoxy) is 1. The number of aromatic nitrogens is 3. The molecule has 1 aromatic rings. The summed E-state index contributed by atoms with van der Waals surface area (Å²) in [6, 6.07) is 0.272. The van der Waals surface area contributed by atoms with E-state index in [1.54, 1.807) is 0 Å². The van der Waals surface area contributed by atoms with Crippen LogP contribution in [0.2, 0.25) is 0 Å². The van der Waals surface area contributed by atoms with Crippen LogP contribution in [0, 0.1) is 0 Å². The highest BCUT2D eigenvalue weighted by atomic mass is 16.5. The molecule has 0 aliphatic carbocycles. The summed E-state index contributed by atoms with van der Waals surface area (Å²) in [4.78, 5) is 12.3. The standard InChI is InChI=1S/C12H24N6O/c1-4-5-6-7-8-14-10-15-11(18-13)17-12(16-10)19-9(2)3/h9H,4-8,13H2,1-3H3,(H2,14,15,16,17,18). The number of hydrogen-bond acceptors (Lipinski definition) is 7. The van der Waals surface area contributed by atoms with Crippen LogP contribution in [0.3, 0.4) is 0 Å². The topological polar surface area (TPSA) is 98.0 Å². The number of nitrogens with zero attached hydrogens (tertiary/aromatic N) is 3. The van der Waals surface area contributed by atoms with E-state index in [0.717, 1.165) is 13.0 Å². The van der Waals surface area contributed by atoms with Crippen LogP contribution in [0.1, 0.15) is 46.5 Å². The molecule has 0 bridgehead atoms. The van der Waals surface area contributed by atoms with Gasteiger partial charge in [-0.2, -0.15) is 15.0 Å². The molecule has 0 saturated heterocycles. The molecule has 0 fully saturated rings. The van der Waals surface area contributed by atoms with Crippen molar-refractivity contribution in [2.24, 2.45) is 5.84 Å². The number of nitrogen functional groups attached to an aromatic ring is 1. The zero-order valence-corrected chi connectivity index (χ0v) is 11.9. The van der Waals surface area contributed by atoms with Crippen molar-refractivity contribution in [3.8, 4) is 6.01 Å². The largest absolute Gasteiger partial charge is 0.461 e. The highest BCUT2D eigenvalue weighted by Crippen LogP contribution is 2.12. The van der Waals surface area contributed by atoms with Crippen molar-refractivity contribution in [1.29, 1.82) is 0 Å². The van der Waals surface area contributed by atoms with Crippen molar-refractivity contribution in [3.05, 3.63) is 0 Å². The number of hydrogen-bond donors (Lipinski definition) is 3. The van der Waals surface area contributed by atoms with Crippen LogP contribution in [0.4, 0.5) is 11.9 Å². The molecule has 19 heavy (non-hydrogen) atoms. The Morgan fingerprint density at radius 1 is 1.11 bits per heavy atom. The zero-order chi connectivity index (χ0) is 14.1. The third-order valence-corrected chi connectivity index (χ3v) is 2.40. The molecule has 108 valence electrons. The van der Waals surface area contributed by atoms with Gasteiger partial charge in [-0.1, -0.05) is 26.2 Å². The van der Waals surface area contributed by atoms with Crippen molar-refractivity contribution >= 4 is 11.9 Å². The van der Waals surface area contributed by atoms with Crippen LogP contribution in [0.25, 0.3) is 0 Å². The summed E-state index contributed by atoms with van der Waals surface area (Å²) in [6.07, 6.45) is 4.76. The van der Waals surface area contributed by atoms with Gasteiger partial charge in [-0.05, 0) is 20.3 Å². The summed E-state index contributed by atoms with van der Waals surface area (Å²) < 4.78 is 5.44. The van der Waals surface area contributed by atoms with Gasteiger partial charge < -0.3 is 10.1 Å². The van der Waals surface area contributed by atoms with Crippen LogP contribution in [0.5, 0.6) is 6.01 Å². The summed E-state index contributed by atoms with van der Waals surface area (Å²) in [5, 5.41) is 3.15. The van der Waals surface area contributed by atoms with Crippen LogP contribution in [-0.4, -0.2) is 27.6 Å². The highest BCUT2D eigenvalue weighted by Gasteiger charge is 2.07. The second-order valence-electron chi connectivity index (χ2n) is 4.56. The van der Waals surface area contributed by atoms with E-state index < -0.39 is 0 Å². The molecule has 0 saturated carbocycles. The molecule has 0 amide bonds. The number of unbranched alkanes of at least 4 members (excludes halogenated alkanes) is 3. The Hall–Kier alpha value is -1.63. The molecule has 0 aromatic carbocycles. The van der Waals surface area contributed by atoms with Crippen LogP contribution >= 0.6 is 0 Å². The van der Waals surface area contributed by atoms with Crippen molar-refractivity contribution < 1.29 is 4.74 Å². The average molecular weight is 268 g/mol. The Kier molecular flexibility index (Phi) is 6.88. The predicted octanol–water partition coefficient (Wildman–Crippen LogP) is 1.94. The van der Waals surface area contributed by atoms with Gasteiger partial charge in [-0.15, -0.1) is 0 Å². The molecule has 0 aliphatic rings. The highest BCUT2D eigenvalue weighted by molar-refractivity contribution is 5.34. The average Bonchev–Trinajstić information content (AvgIpc) is 2.37. The number of hydrazine groups is 1. The molecule has 0 radical (unpaired) electrons. The molecule has 0 atom stereocenters. The fraction of sp³-hybridized carbons (Fsp3) is 0.750. The van der Waals surface area contributed by atoms with Gasteiger partial charge in [0.1, 0.15) is 0 Å². The van der Waals surface area contributed by atoms with Crippen molar-refractivity contribution in [2.75, 3.05) is 17.3 Å². The maximum absolute atomic E-state index is 5.44. The van der Waals surface area contributed by atoms with Gasteiger partial charge in [0.2, 0.25) is 11.9 Å². The summed E-state index contributed by atoms with van der Waals surface area (Å²) in [5.74, 6) is 6.10. The Labute approximate surface area is 114 Å². The van der Waals surface area contributed by atoms with E-state index in [2.05, 4.69) is 32.6 Å². The van der Waals surface area contributed by atoms with Gasteiger partial charge in [0.25, 0.3) is 0 Å². The smallest absolute Gasteiger partial charge is 0.323 e. The fourth-order valence-corrected chi connectivity index (χ4v) is 1.52. The number of anilines is 2. The SMILES string of the molecule is CCCCCCNc1nc(NN)nc(OC(C)C)n1. The van der Waals surface area contributed by atoms with E-state index in [4.69, 9.17) is 10.6 Å². The Bertz CT molecular complexity index is 371. The quantitative estimate of drug-likeness (QED) is 0.357. The maximum atomic E-state index is 5.44. The minimum Gasteiger partial charge on any atom is -0.461 e. The van der Waals surface area contributed by atoms with E-state index in [1.807, 2.05) is 13.8 Å². The lowest BCUT2D eigenvalue weighted by Gasteiger charge is -2.11. The molecule has 1 rings (SSSR count). The number of nitrogens with one attached hydrogen (secondary N) is 2. The van der Waals surface area contributed by atoms with Crippen LogP contribution in [-0.2, 0) is 0 Å². The van der Waals surface area contributed by atoms with Crippen LogP contribution in [0.15, 0.2) is 0 Å². The van der Waals surface area contributed by atoms with Gasteiger partial charge in [-0.3, -0.25) is 5.43 Å². The van der Waals surface area contributed by atoms with Crippen molar-refractivity contribution in [1.82, 2.24) is 15.0 Å². The lowest BCUT2D eigenvalue weighted by molar-refractivity contribution is 0.222. The molecular weight excluding hydrogens is 244 g/mol. The van der Waals surface area contributed by atoms with Gasteiger partial charge in [0.05, 0.1) is 6.10 Å². The minimum atomic E-state index is 0.00503. The molecule has 4 N–H and O–H groups in total. The third-order valence-electron chi connectivity index (χ3n) is 2.40. The summed E-state index contributed by atoms with van der Waals surface area (Å²) >= 11 is 0. The first-order valence-corrected chi connectivity index (χ1v) is 6.79. The van der Waals surface area contributed by atoms with E-state index in [-0.39, 0.29) is 12.1 Å². The number of rotatable bonds is 9. The van der Waals surface area contributed by atoms with E-state index >= 15 is 0 Å². The summed E-state index contributed by atoms with van der Waals surface area (Å²) in [6.45, 7) is 6.84. The Morgan fingerprint density at radius 2 is 1.84 bits per heavy atom. The molecule has 1 aromatic heterocycles. The molecular formula is C12H24N6O. The molecule has 0 aliphatic heterocycles. The molecule has 7 nitrogen and oxygen atoms in total. The minimum absolute atomic E-state index is 0.00503. The second-order valence-corrected chi connectivity index (χ2v) is 4.56. The zero-order valence-electron chi connectivity index (χ0n) is 11.9. The van der Waals surface area contributed by atoms with Gasteiger partial charge in [-0.25, -0.2) is 5.84 Å².